The summed E-state index contributed by atoms with van der Waals surface area (Å²) in [6.45, 7) is 6.82. The van der Waals surface area contributed by atoms with Crippen molar-refractivity contribution in [2.75, 3.05) is 13.1 Å². The topological polar surface area (TPSA) is 12.0 Å². The van der Waals surface area contributed by atoms with Gasteiger partial charge in [-0.05, 0) is 47.8 Å². The van der Waals surface area contributed by atoms with Gasteiger partial charge in [0, 0.05) is 23.4 Å². The quantitative estimate of drug-likeness (QED) is 0.841. The highest BCUT2D eigenvalue weighted by molar-refractivity contribution is 7.10. The maximum absolute atomic E-state index is 3.73. The molecular weight excluding hydrogens is 274 g/mol. The first-order valence-electron chi connectivity index (χ1n) is 7.99. The zero-order valence-electron chi connectivity index (χ0n) is 13.1. The van der Waals surface area contributed by atoms with Gasteiger partial charge in [-0.15, -0.1) is 11.3 Å². The summed E-state index contributed by atoms with van der Waals surface area (Å²) in [7, 11) is 0. The van der Waals surface area contributed by atoms with Gasteiger partial charge in [-0.1, -0.05) is 44.2 Å². The van der Waals surface area contributed by atoms with E-state index in [0.717, 1.165) is 13.1 Å². The van der Waals surface area contributed by atoms with E-state index in [2.05, 4.69) is 60.9 Å². The Labute approximate surface area is 132 Å². The molecular formula is C19H25NS. The summed E-state index contributed by atoms with van der Waals surface area (Å²) >= 11 is 1.86. The minimum absolute atomic E-state index is 0.225. The fraction of sp³-hybridized carbons (Fsp3) is 0.474. The number of nitrogens with one attached hydrogen (secondary N) is 1. The standard InChI is InChI=1S/C19H25NS/c1-19(2,18-11-6-12-21-18)14-20-13-16-9-5-8-15-7-3-4-10-17(15)16/h3-4,6-7,10-12,16,20H,5,8-9,13-14H2,1-2H3. The van der Waals surface area contributed by atoms with Crippen molar-refractivity contribution in [3.05, 3.63) is 57.8 Å². The molecule has 2 aromatic rings. The molecule has 2 heteroatoms. The van der Waals surface area contributed by atoms with Gasteiger partial charge in [0.1, 0.15) is 0 Å². The van der Waals surface area contributed by atoms with Crippen LogP contribution in [0.5, 0.6) is 0 Å². The van der Waals surface area contributed by atoms with E-state index < -0.39 is 0 Å². The molecule has 1 aromatic carbocycles. The van der Waals surface area contributed by atoms with Crippen LogP contribution in [0.4, 0.5) is 0 Å². The number of fused-ring (bicyclic) bond motifs is 1. The molecule has 0 saturated heterocycles. The van der Waals surface area contributed by atoms with E-state index in [4.69, 9.17) is 0 Å². The molecule has 1 atom stereocenters. The Hall–Kier alpha value is -1.12. The van der Waals surface area contributed by atoms with Gasteiger partial charge in [0.05, 0.1) is 0 Å². The summed E-state index contributed by atoms with van der Waals surface area (Å²) in [4.78, 5) is 1.47. The SMILES string of the molecule is CC(C)(CNCC1CCCc2ccccc21)c1cccs1. The maximum Gasteiger partial charge on any atom is 0.0115 e. The van der Waals surface area contributed by atoms with E-state index in [0.29, 0.717) is 5.92 Å². The summed E-state index contributed by atoms with van der Waals surface area (Å²) in [6, 6.07) is 13.4. The normalized spacial score (nSPS) is 18.5. The second kappa shape index (κ2) is 6.33. The third kappa shape index (κ3) is 3.38. The van der Waals surface area contributed by atoms with Crippen molar-refractivity contribution in [3.8, 4) is 0 Å². The third-order valence-electron chi connectivity index (χ3n) is 4.64. The molecule has 1 aliphatic rings. The van der Waals surface area contributed by atoms with Gasteiger partial charge < -0.3 is 5.32 Å². The predicted octanol–water partition coefficient (Wildman–Crippen LogP) is 4.74. The largest absolute Gasteiger partial charge is 0.315 e. The summed E-state index contributed by atoms with van der Waals surface area (Å²) in [6.07, 6.45) is 3.91. The van der Waals surface area contributed by atoms with Crippen LogP contribution in [-0.4, -0.2) is 13.1 Å². The monoisotopic (exact) mass is 299 g/mol. The smallest absolute Gasteiger partial charge is 0.0115 e. The van der Waals surface area contributed by atoms with Crippen LogP contribution in [-0.2, 0) is 11.8 Å². The number of thiophene rings is 1. The van der Waals surface area contributed by atoms with Crippen LogP contribution < -0.4 is 5.32 Å². The number of hydrogen-bond donors (Lipinski definition) is 1. The lowest BCUT2D eigenvalue weighted by molar-refractivity contribution is 0.440. The van der Waals surface area contributed by atoms with Gasteiger partial charge in [0.25, 0.3) is 0 Å². The summed E-state index contributed by atoms with van der Waals surface area (Å²) in [5.41, 5.74) is 3.36. The fourth-order valence-corrected chi connectivity index (χ4v) is 4.23. The Kier molecular flexibility index (Phi) is 4.46. The summed E-state index contributed by atoms with van der Waals surface area (Å²) in [5.74, 6) is 0.689. The lowest BCUT2D eigenvalue weighted by atomic mass is 9.82. The Morgan fingerprint density at radius 1 is 1.19 bits per heavy atom. The zero-order chi connectivity index (χ0) is 14.7. The number of benzene rings is 1. The second-order valence-corrected chi connectivity index (χ2v) is 7.73. The van der Waals surface area contributed by atoms with Crippen LogP contribution in [0.15, 0.2) is 41.8 Å². The van der Waals surface area contributed by atoms with Gasteiger partial charge in [-0.2, -0.15) is 0 Å². The van der Waals surface area contributed by atoms with Crippen LogP contribution >= 0.6 is 11.3 Å². The molecule has 1 aromatic heterocycles. The Balaban J connectivity index is 1.59. The number of hydrogen-bond acceptors (Lipinski definition) is 2. The molecule has 1 nitrogen and oxygen atoms in total. The van der Waals surface area contributed by atoms with Crippen molar-refractivity contribution in [3.63, 3.8) is 0 Å². The van der Waals surface area contributed by atoms with Crippen molar-refractivity contribution < 1.29 is 0 Å². The van der Waals surface area contributed by atoms with Gasteiger partial charge in [-0.25, -0.2) is 0 Å². The maximum atomic E-state index is 3.73. The number of aryl methyl sites for hydroxylation is 1. The van der Waals surface area contributed by atoms with Crippen LogP contribution in [0, 0.1) is 0 Å². The van der Waals surface area contributed by atoms with Gasteiger partial charge in [0.15, 0.2) is 0 Å². The van der Waals surface area contributed by atoms with Gasteiger partial charge in [0.2, 0.25) is 0 Å². The van der Waals surface area contributed by atoms with Crippen LogP contribution in [0.1, 0.15) is 48.6 Å². The molecule has 1 unspecified atom stereocenters. The van der Waals surface area contributed by atoms with Crippen molar-refractivity contribution >= 4 is 11.3 Å². The molecule has 0 spiro atoms. The summed E-state index contributed by atoms with van der Waals surface area (Å²) < 4.78 is 0. The van der Waals surface area contributed by atoms with Crippen molar-refractivity contribution in [1.82, 2.24) is 5.32 Å². The molecule has 1 aliphatic carbocycles. The highest BCUT2D eigenvalue weighted by atomic mass is 32.1. The van der Waals surface area contributed by atoms with Crippen molar-refractivity contribution in [1.29, 1.82) is 0 Å². The van der Waals surface area contributed by atoms with E-state index in [1.165, 1.54) is 24.1 Å². The minimum atomic E-state index is 0.225. The van der Waals surface area contributed by atoms with Gasteiger partial charge >= 0.3 is 0 Å². The van der Waals surface area contributed by atoms with Gasteiger partial charge in [-0.3, -0.25) is 0 Å². The fourth-order valence-electron chi connectivity index (χ4n) is 3.38. The minimum Gasteiger partial charge on any atom is -0.315 e. The Morgan fingerprint density at radius 3 is 2.86 bits per heavy atom. The molecule has 21 heavy (non-hydrogen) atoms. The van der Waals surface area contributed by atoms with Crippen molar-refractivity contribution in [2.45, 2.75) is 44.4 Å². The first-order chi connectivity index (χ1) is 10.2. The Bertz CT molecular complexity index is 571. The average Bonchev–Trinajstić information content (AvgIpc) is 3.02. The van der Waals surface area contributed by atoms with E-state index in [1.807, 2.05) is 11.3 Å². The highest BCUT2D eigenvalue weighted by Gasteiger charge is 2.23. The average molecular weight is 299 g/mol. The molecule has 0 fully saturated rings. The molecule has 0 radical (unpaired) electrons. The number of rotatable bonds is 5. The first kappa shape index (κ1) is 14.8. The predicted molar refractivity (Wildman–Crippen MR) is 92.3 cm³/mol. The van der Waals surface area contributed by atoms with E-state index in [1.54, 1.807) is 11.1 Å². The molecule has 0 bridgehead atoms. The van der Waals surface area contributed by atoms with Crippen molar-refractivity contribution in [2.24, 2.45) is 0 Å². The van der Waals surface area contributed by atoms with E-state index in [-0.39, 0.29) is 5.41 Å². The Morgan fingerprint density at radius 2 is 2.05 bits per heavy atom. The van der Waals surface area contributed by atoms with Crippen LogP contribution in [0.3, 0.4) is 0 Å². The molecule has 0 aliphatic heterocycles. The molecule has 0 saturated carbocycles. The molecule has 112 valence electrons. The molecule has 1 N–H and O–H groups in total. The molecule has 1 heterocycles. The summed E-state index contributed by atoms with van der Waals surface area (Å²) in [5, 5.41) is 5.91. The van der Waals surface area contributed by atoms with E-state index in [9.17, 15) is 0 Å². The highest BCUT2D eigenvalue weighted by Crippen LogP contribution is 2.31. The molecule has 0 amide bonds. The second-order valence-electron chi connectivity index (χ2n) is 6.78. The zero-order valence-corrected chi connectivity index (χ0v) is 13.9. The lowest BCUT2D eigenvalue weighted by Gasteiger charge is -2.29. The first-order valence-corrected chi connectivity index (χ1v) is 8.87. The van der Waals surface area contributed by atoms with Crippen LogP contribution in [0.25, 0.3) is 0 Å². The van der Waals surface area contributed by atoms with E-state index >= 15 is 0 Å². The molecule has 3 rings (SSSR count). The third-order valence-corrected chi connectivity index (χ3v) is 5.88. The van der Waals surface area contributed by atoms with Crippen LogP contribution in [0.2, 0.25) is 0 Å². The lowest BCUT2D eigenvalue weighted by Crippen LogP contribution is -2.35.